The van der Waals surface area contributed by atoms with Gasteiger partial charge in [0.25, 0.3) is 0 Å². The number of rotatable bonds is 0. The molecule has 2 aliphatic heterocycles. The van der Waals surface area contributed by atoms with Crippen LogP contribution in [0, 0.1) is 17.2 Å². The number of piperidine rings is 1. The van der Waals surface area contributed by atoms with Crippen molar-refractivity contribution in [3.05, 3.63) is 0 Å². The molecular weight excluding hydrogens is 136 g/mol. The van der Waals surface area contributed by atoms with E-state index >= 15 is 0 Å². The van der Waals surface area contributed by atoms with Gasteiger partial charge in [-0.15, -0.1) is 0 Å². The maximum Gasteiger partial charge on any atom is 0.0672 e. The van der Waals surface area contributed by atoms with Crippen LogP contribution >= 0.6 is 0 Å². The van der Waals surface area contributed by atoms with Crippen molar-refractivity contribution in [1.82, 2.24) is 4.90 Å². The first-order valence-corrected chi connectivity index (χ1v) is 4.44. The summed E-state index contributed by atoms with van der Waals surface area (Å²) in [5.41, 5.74) is 0. The Morgan fingerprint density at radius 3 is 2.73 bits per heavy atom. The van der Waals surface area contributed by atoms with Crippen LogP contribution < -0.4 is 0 Å². The van der Waals surface area contributed by atoms with Crippen LogP contribution in [0.5, 0.6) is 0 Å². The summed E-state index contributed by atoms with van der Waals surface area (Å²) >= 11 is 0. The minimum Gasteiger partial charge on any atom is -0.299 e. The van der Waals surface area contributed by atoms with Crippen molar-refractivity contribution in [1.29, 1.82) is 5.26 Å². The summed E-state index contributed by atoms with van der Waals surface area (Å²) in [4.78, 5) is 2.41. The van der Waals surface area contributed by atoms with Crippen molar-refractivity contribution in [3.63, 3.8) is 0 Å². The normalized spacial score (nSPS) is 43.8. The molecule has 2 saturated heterocycles. The van der Waals surface area contributed by atoms with Gasteiger partial charge in [-0.3, -0.25) is 4.90 Å². The van der Waals surface area contributed by atoms with Crippen LogP contribution in [0.4, 0.5) is 0 Å². The average molecular weight is 150 g/mol. The molecule has 2 bridgehead atoms. The summed E-state index contributed by atoms with van der Waals surface area (Å²) in [6.07, 6.45) is 4.94. The zero-order chi connectivity index (χ0) is 7.84. The summed E-state index contributed by atoms with van der Waals surface area (Å²) < 4.78 is 0. The molecule has 0 radical (unpaired) electrons. The number of nitrogens with zero attached hydrogens (tertiary/aromatic N) is 2. The average Bonchev–Trinajstić information content (AvgIpc) is 2.31. The molecule has 2 heterocycles. The molecule has 11 heavy (non-hydrogen) atoms. The van der Waals surface area contributed by atoms with Crippen LogP contribution in [-0.2, 0) is 0 Å². The maximum absolute atomic E-state index is 8.85. The number of nitriles is 1. The predicted octanol–water partition coefficient (Wildman–Crippen LogP) is 1.38. The highest BCUT2D eigenvalue weighted by molar-refractivity contribution is 5.02. The van der Waals surface area contributed by atoms with Crippen molar-refractivity contribution >= 4 is 0 Å². The quantitative estimate of drug-likeness (QED) is 0.521. The van der Waals surface area contributed by atoms with Crippen LogP contribution in [-0.4, -0.2) is 24.0 Å². The Labute approximate surface area is 67.8 Å². The van der Waals surface area contributed by atoms with Crippen molar-refractivity contribution in [2.75, 3.05) is 7.05 Å². The summed E-state index contributed by atoms with van der Waals surface area (Å²) in [6.45, 7) is 0. The van der Waals surface area contributed by atoms with Crippen LogP contribution in [0.2, 0.25) is 0 Å². The molecule has 3 unspecified atom stereocenters. The molecule has 3 atom stereocenters. The third kappa shape index (κ3) is 0.954. The molecule has 0 N–H and O–H groups in total. The Hall–Kier alpha value is -0.550. The molecule has 2 aliphatic rings. The van der Waals surface area contributed by atoms with Gasteiger partial charge in [-0.2, -0.15) is 5.26 Å². The molecule has 2 rings (SSSR count). The van der Waals surface area contributed by atoms with Gasteiger partial charge in [0.1, 0.15) is 0 Å². The van der Waals surface area contributed by atoms with Gasteiger partial charge in [-0.05, 0) is 32.7 Å². The second-order valence-corrected chi connectivity index (χ2v) is 3.78. The first-order valence-electron chi connectivity index (χ1n) is 4.44. The van der Waals surface area contributed by atoms with E-state index in [4.69, 9.17) is 5.26 Å². The molecule has 0 spiro atoms. The van der Waals surface area contributed by atoms with Crippen molar-refractivity contribution in [2.24, 2.45) is 5.92 Å². The summed E-state index contributed by atoms with van der Waals surface area (Å²) in [7, 11) is 2.17. The van der Waals surface area contributed by atoms with Crippen LogP contribution in [0.15, 0.2) is 0 Å². The first kappa shape index (κ1) is 7.12. The molecule has 2 fully saturated rings. The number of fused-ring (bicyclic) bond motifs is 2. The Balaban J connectivity index is 2.15. The van der Waals surface area contributed by atoms with Gasteiger partial charge in [0, 0.05) is 12.1 Å². The zero-order valence-corrected chi connectivity index (χ0v) is 6.95. The second kappa shape index (κ2) is 2.49. The van der Waals surface area contributed by atoms with Crippen molar-refractivity contribution < 1.29 is 0 Å². The van der Waals surface area contributed by atoms with Gasteiger partial charge >= 0.3 is 0 Å². The van der Waals surface area contributed by atoms with E-state index in [-0.39, 0.29) is 0 Å². The minimum atomic E-state index is 0.318. The fourth-order valence-corrected chi connectivity index (χ4v) is 2.59. The van der Waals surface area contributed by atoms with E-state index in [1.807, 2.05) is 0 Å². The van der Waals surface area contributed by atoms with Gasteiger partial charge in [0.2, 0.25) is 0 Å². The Morgan fingerprint density at radius 1 is 1.27 bits per heavy atom. The van der Waals surface area contributed by atoms with Gasteiger partial charge in [-0.1, -0.05) is 0 Å². The highest BCUT2D eigenvalue weighted by Gasteiger charge is 2.39. The number of hydrogen-bond acceptors (Lipinski definition) is 2. The van der Waals surface area contributed by atoms with E-state index in [0.717, 1.165) is 12.5 Å². The van der Waals surface area contributed by atoms with Crippen LogP contribution in [0.1, 0.15) is 25.7 Å². The molecule has 0 aromatic rings. The van der Waals surface area contributed by atoms with Gasteiger partial charge in [-0.25, -0.2) is 0 Å². The summed E-state index contributed by atoms with van der Waals surface area (Å²) in [5, 5.41) is 8.85. The maximum atomic E-state index is 8.85. The fraction of sp³-hybridized carbons (Fsp3) is 0.889. The highest BCUT2D eigenvalue weighted by atomic mass is 15.2. The van der Waals surface area contributed by atoms with Crippen molar-refractivity contribution in [2.45, 2.75) is 37.8 Å². The van der Waals surface area contributed by atoms with Crippen LogP contribution in [0.3, 0.4) is 0 Å². The standard InChI is InChI=1S/C9H14N2/c1-11-8-3-2-7(6-10)9(11)5-4-8/h7-9H,2-5H2,1H3. The van der Waals surface area contributed by atoms with Gasteiger partial charge < -0.3 is 0 Å². The van der Waals surface area contributed by atoms with E-state index in [9.17, 15) is 0 Å². The van der Waals surface area contributed by atoms with E-state index < -0.39 is 0 Å². The largest absolute Gasteiger partial charge is 0.299 e. The monoisotopic (exact) mass is 150 g/mol. The lowest BCUT2D eigenvalue weighted by molar-refractivity contribution is 0.147. The van der Waals surface area contributed by atoms with E-state index in [1.165, 1.54) is 19.3 Å². The Kier molecular flexibility index (Phi) is 1.61. The molecule has 60 valence electrons. The zero-order valence-electron chi connectivity index (χ0n) is 6.95. The smallest absolute Gasteiger partial charge is 0.0672 e. The molecule has 0 aliphatic carbocycles. The lowest BCUT2D eigenvalue weighted by atomic mass is 9.92. The summed E-state index contributed by atoms with van der Waals surface area (Å²) in [5.74, 6) is 0.318. The molecule has 0 amide bonds. The first-order chi connectivity index (χ1) is 5.33. The Bertz CT molecular complexity index is 194. The van der Waals surface area contributed by atoms with E-state index in [0.29, 0.717) is 12.0 Å². The second-order valence-electron chi connectivity index (χ2n) is 3.78. The van der Waals surface area contributed by atoms with Gasteiger partial charge in [0.05, 0.1) is 12.0 Å². The van der Waals surface area contributed by atoms with Crippen LogP contribution in [0.25, 0.3) is 0 Å². The number of hydrogen-bond donors (Lipinski definition) is 0. The van der Waals surface area contributed by atoms with Crippen molar-refractivity contribution in [3.8, 4) is 6.07 Å². The topological polar surface area (TPSA) is 27.0 Å². The minimum absolute atomic E-state index is 0.318. The third-order valence-electron chi connectivity index (χ3n) is 3.34. The molecular formula is C9H14N2. The molecule has 2 nitrogen and oxygen atoms in total. The van der Waals surface area contributed by atoms with E-state index in [2.05, 4.69) is 18.0 Å². The Morgan fingerprint density at radius 2 is 2.00 bits per heavy atom. The fourth-order valence-electron chi connectivity index (χ4n) is 2.59. The lowest BCUT2D eigenvalue weighted by Gasteiger charge is -2.34. The summed E-state index contributed by atoms with van der Waals surface area (Å²) in [6, 6.07) is 3.80. The lowest BCUT2D eigenvalue weighted by Crippen LogP contribution is -2.41. The molecule has 2 heteroatoms. The third-order valence-corrected chi connectivity index (χ3v) is 3.34. The SMILES string of the molecule is CN1C2CCC(C#N)C1CC2. The van der Waals surface area contributed by atoms with E-state index in [1.54, 1.807) is 0 Å². The molecule has 0 saturated carbocycles. The highest BCUT2D eigenvalue weighted by Crippen LogP contribution is 2.37. The predicted molar refractivity (Wildman–Crippen MR) is 42.9 cm³/mol. The van der Waals surface area contributed by atoms with Gasteiger partial charge in [0.15, 0.2) is 0 Å². The molecule has 0 aromatic heterocycles. The molecule has 0 aromatic carbocycles.